The predicted octanol–water partition coefficient (Wildman–Crippen LogP) is 2.14. The number of likely N-dealkylation sites (tertiary alicyclic amines) is 1. The zero-order valence-electron chi connectivity index (χ0n) is 12.9. The van der Waals surface area contributed by atoms with Gasteiger partial charge < -0.3 is 10.1 Å². The van der Waals surface area contributed by atoms with Gasteiger partial charge in [-0.1, -0.05) is 13.0 Å². The van der Waals surface area contributed by atoms with Crippen LogP contribution in [-0.2, 0) is 6.42 Å². The van der Waals surface area contributed by atoms with Gasteiger partial charge in [-0.15, -0.1) is 0 Å². The quantitative estimate of drug-likeness (QED) is 0.923. The first-order valence-electron chi connectivity index (χ1n) is 7.97. The van der Waals surface area contributed by atoms with Gasteiger partial charge >= 0.3 is 0 Å². The molecule has 0 radical (unpaired) electrons. The van der Waals surface area contributed by atoms with E-state index in [1.807, 2.05) is 13.0 Å². The molecule has 4 heteroatoms. The number of aryl methyl sites for hydroxylation is 1. The highest BCUT2D eigenvalue weighted by atomic mass is 16.5. The number of amides is 1. The smallest absolute Gasteiger partial charge is 0.255 e. The molecule has 2 heterocycles. The van der Waals surface area contributed by atoms with E-state index in [1.165, 1.54) is 12.8 Å². The second kappa shape index (κ2) is 6.06. The molecule has 1 N–H and O–H groups in total. The van der Waals surface area contributed by atoms with Gasteiger partial charge in [0.15, 0.2) is 0 Å². The van der Waals surface area contributed by atoms with Crippen LogP contribution in [0.2, 0.25) is 0 Å². The third kappa shape index (κ3) is 2.91. The maximum atomic E-state index is 12.5. The lowest BCUT2D eigenvalue weighted by Crippen LogP contribution is -2.40. The van der Waals surface area contributed by atoms with Crippen molar-refractivity contribution < 1.29 is 9.53 Å². The average Bonchev–Trinajstić information content (AvgIpc) is 3.11. The summed E-state index contributed by atoms with van der Waals surface area (Å²) in [6.07, 6.45) is 3.32. The molecule has 0 aromatic heterocycles. The fourth-order valence-electron chi connectivity index (χ4n) is 3.48. The summed E-state index contributed by atoms with van der Waals surface area (Å²) >= 11 is 0. The highest BCUT2D eigenvalue weighted by Crippen LogP contribution is 2.31. The van der Waals surface area contributed by atoms with Crippen molar-refractivity contribution in [2.45, 2.75) is 39.2 Å². The Kier molecular flexibility index (Phi) is 4.15. The van der Waals surface area contributed by atoms with E-state index >= 15 is 0 Å². The molecular weight excluding hydrogens is 264 g/mol. The van der Waals surface area contributed by atoms with Crippen LogP contribution >= 0.6 is 0 Å². The number of nitrogens with one attached hydrogen (secondary N) is 1. The molecule has 1 aromatic carbocycles. The monoisotopic (exact) mass is 288 g/mol. The average molecular weight is 288 g/mol. The topological polar surface area (TPSA) is 41.6 Å². The Labute approximate surface area is 126 Å². The number of likely N-dealkylation sites (N-methyl/N-ethyl adjacent to an activating group) is 1. The van der Waals surface area contributed by atoms with Crippen LogP contribution in [0.25, 0.3) is 0 Å². The molecule has 1 saturated heterocycles. The Morgan fingerprint density at radius 1 is 1.48 bits per heavy atom. The molecule has 1 aromatic rings. The number of rotatable bonds is 4. The molecule has 0 aliphatic carbocycles. The predicted molar refractivity (Wildman–Crippen MR) is 83.0 cm³/mol. The zero-order chi connectivity index (χ0) is 14.8. The maximum Gasteiger partial charge on any atom is 0.255 e. The van der Waals surface area contributed by atoms with E-state index in [0.29, 0.717) is 18.2 Å². The molecule has 1 atom stereocenters. The minimum atomic E-state index is -0.000182. The van der Waals surface area contributed by atoms with Gasteiger partial charge in [0.25, 0.3) is 5.91 Å². The fourth-order valence-corrected chi connectivity index (χ4v) is 3.48. The van der Waals surface area contributed by atoms with E-state index < -0.39 is 0 Å². The lowest BCUT2D eigenvalue weighted by Gasteiger charge is -2.23. The summed E-state index contributed by atoms with van der Waals surface area (Å²) in [6, 6.07) is 4.54. The standard InChI is InChI=1S/C17H24N2O2/c1-3-19-7-4-5-14(19)11-18-17(20)15-10-12(2)9-13-6-8-21-16(13)15/h9-10,14H,3-8,11H2,1-2H3,(H,18,20). The van der Waals surface area contributed by atoms with E-state index in [2.05, 4.69) is 23.2 Å². The third-order valence-corrected chi connectivity index (χ3v) is 4.58. The highest BCUT2D eigenvalue weighted by Gasteiger charge is 2.25. The third-order valence-electron chi connectivity index (χ3n) is 4.58. The molecule has 2 aliphatic heterocycles. The van der Waals surface area contributed by atoms with Gasteiger partial charge in [-0.05, 0) is 50.0 Å². The van der Waals surface area contributed by atoms with Crippen molar-refractivity contribution in [2.75, 3.05) is 26.2 Å². The van der Waals surface area contributed by atoms with Crippen LogP contribution in [0.3, 0.4) is 0 Å². The number of carbonyl (C=O) groups is 1. The molecule has 0 bridgehead atoms. The maximum absolute atomic E-state index is 12.5. The zero-order valence-corrected chi connectivity index (χ0v) is 12.9. The van der Waals surface area contributed by atoms with Crippen LogP contribution in [0.15, 0.2) is 12.1 Å². The first kappa shape index (κ1) is 14.4. The van der Waals surface area contributed by atoms with Crippen molar-refractivity contribution in [3.8, 4) is 5.75 Å². The number of hydrogen-bond donors (Lipinski definition) is 1. The van der Waals surface area contributed by atoms with Crippen LogP contribution in [0, 0.1) is 6.92 Å². The second-order valence-electron chi connectivity index (χ2n) is 6.03. The Bertz CT molecular complexity index is 542. The minimum Gasteiger partial charge on any atom is -0.492 e. The van der Waals surface area contributed by atoms with Crippen molar-refractivity contribution in [1.29, 1.82) is 0 Å². The summed E-state index contributed by atoms with van der Waals surface area (Å²) in [7, 11) is 0. The Morgan fingerprint density at radius 2 is 2.33 bits per heavy atom. The molecule has 21 heavy (non-hydrogen) atoms. The molecule has 114 valence electrons. The van der Waals surface area contributed by atoms with Gasteiger partial charge in [0.1, 0.15) is 5.75 Å². The van der Waals surface area contributed by atoms with Crippen molar-refractivity contribution in [1.82, 2.24) is 10.2 Å². The first-order valence-corrected chi connectivity index (χ1v) is 7.97. The normalized spacial score (nSPS) is 21.1. The summed E-state index contributed by atoms with van der Waals surface area (Å²) in [6.45, 7) is 7.84. The van der Waals surface area contributed by atoms with Crippen molar-refractivity contribution in [3.63, 3.8) is 0 Å². The van der Waals surface area contributed by atoms with Crippen LogP contribution in [-0.4, -0.2) is 43.1 Å². The number of benzene rings is 1. The first-order chi connectivity index (χ1) is 10.2. The van der Waals surface area contributed by atoms with Crippen molar-refractivity contribution in [3.05, 3.63) is 28.8 Å². The van der Waals surface area contributed by atoms with E-state index in [9.17, 15) is 4.79 Å². The molecule has 1 unspecified atom stereocenters. The summed E-state index contributed by atoms with van der Waals surface area (Å²) < 4.78 is 5.65. The van der Waals surface area contributed by atoms with Gasteiger partial charge in [0.2, 0.25) is 0 Å². The molecule has 0 saturated carbocycles. The van der Waals surface area contributed by atoms with E-state index in [0.717, 1.165) is 42.9 Å². The lowest BCUT2D eigenvalue weighted by molar-refractivity contribution is 0.0938. The summed E-state index contributed by atoms with van der Waals surface area (Å²) in [5.41, 5.74) is 2.99. The number of ether oxygens (including phenoxy) is 1. The summed E-state index contributed by atoms with van der Waals surface area (Å²) in [4.78, 5) is 14.9. The van der Waals surface area contributed by atoms with Gasteiger partial charge in [-0.2, -0.15) is 0 Å². The van der Waals surface area contributed by atoms with Gasteiger partial charge in [-0.25, -0.2) is 0 Å². The fraction of sp³-hybridized carbons (Fsp3) is 0.588. The van der Waals surface area contributed by atoms with Crippen LogP contribution in [0.5, 0.6) is 5.75 Å². The molecule has 1 amide bonds. The lowest BCUT2D eigenvalue weighted by atomic mass is 10.0. The summed E-state index contributed by atoms with van der Waals surface area (Å²) in [5, 5.41) is 3.10. The summed E-state index contributed by atoms with van der Waals surface area (Å²) in [5.74, 6) is 0.789. The molecule has 4 nitrogen and oxygen atoms in total. The Morgan fingerprint density at radius 3 is 3.14 bits per heavy atom. The van der Waals surface area contributed by atoms with Crippen LogP contribution < -0.4 is 10.1 Å². The molecule has 2 aliphatic rings. The van der Waals surface area contributed by atoms with Crippen LogP contribution in [0.4, 0.5) is 0 Å². The molecule has 0 spiro atoms. The van der Waals surface area contributed by atoms with E-state index in [1.54, 1.807) is 0 Å². The minimum absolute atomic E-state index is 0.000182. The number of carbonyl (C=O) groups excluding carboxylic acids is 1. The van der Waals surface area contributed by atoms with Crippen LogP contribution in [0.1, 0.15) is 41.3 Å². The number of nitrogens with zero attached hydrogens (tertiary/aromatic N) is 1. The van der Waals surface area contributed by atoms with Crippen molar-refractivity contribution in [2.24, 2.45) is 0 Å². The Balaban J connectivity index is 1.69. The van der Waals surface area contributed by atoms with E-state index in [-0.39, 0.29) is 5.91 Å². The van der Waals surface area contributed by atoms with Gasteiger partial charge in [-0.3, -0.25) is 9.69 Å². The Hall–Kier alpha value is -1.55. The van der Waals surface area contributed by atoms with Gasteiger partial charge in [0.05, 0.1) is 12.2 Å². The highest BCUT2D eigenvalue weighted by molar-refractivity contribution is 5.97. The molecule has 1 fully saturated rings. The molecular formula is C17H24N2O2. The number of hydrogen-bond acceptors (Lipinski definition) is 3. The molecule has 3 rings (SSSR count). The largest absolute Gasteiger partial charge is 0.492 e. The van der Waals surface area contributed by atoms with Crippen molar-refractivity contribution >= 4 is 5.91 Å². The number of fused-ring (bicyclic) bond motifs is 1. The second-order valence-corrected chi connectivity index (χ2v) is 6.03. The van der Waals surface area contributed by atoms with E-state index in [4.69, 9.17) is 4.74 Å². The van der Waals surface area contributed by atoms with Gasteiger partial charge in [0, 0.05) is 19.0 Å². The SMILES string of the molecule is CCN1CCCC1CNC(=O)c1cc(C)cc2c1OCC2.